The third-order valence-electron chi connectivity index (χ3n) is 3.31. The van der Waals surface area contributed by atoms with E-state index in [9.17, 15) is 0 Å². The maximum Gasteiger partial charge on any atom is 0.217 e. The molecule has 0 aliphatic rings. The molecule has 6 nitrogen and oxygen atoms in total. The Morgan fingerprint density at radius 2 is 2.04 bits per heavy atom. The van der Waals surface area contributed by atoms with E-state index in [1.165, 1.54) is 0 Å². The molecular weight excluding hydrogens is 294 g/mol. The van der Waals surface area contributed by atoms with Crippen LogP contribution in [0.1, 0.15) is 11.3 Å². The number of aromatic nitrogens is 2. The number of aliphatic hydroxyl groups is 1. The normalized spacial score (nSPS) is 10.4. The van der Waals surface area contributed by atoms with Gasteiger partial charge in [0, 0.05) is 19.3 Å². The summed E-state index contributed by atoms with van der Waals surface area (Å²) in [5.74, 6) is 1.48. The first-order valence-corrected chi connectivity index (χ1v) is 7.49. The van der Waals surface area contributed by atoms with Crippen LogP contribution in [-0.2, 0) is 13.6 Å². The molecule has 0 bridgehead atoms. The van der Waals surface area contributed by atoms with Crippen molar-refractivity contribution in [3.8, 4) is 11.6 Å². The smallest absolute Gasteiger partial charge is 0.217 e. The van der Waals surface area contributed by atoms with Gasteiger partial charge in [0.2, 0.25) is 5.88 Å². The zero-order valence-corrected chi connectivity index (χ0v) is 13.6. The van der Waals surface area contributed by atoms with Gasteiger partial charge in [-0.25, -0.2) is 4.68 Å². The Hall–Kier alpha value is -2.47. The first-order valence-electron chi connectivity index (χ1n) is 7.49. The third kappa shape index (κ3) is 4.50. The summed E-state index contributed by atoms with van der Waals surface area (Å²) in [7, 11) is 1.86. The van der Waals surface area contributed by atoms with Gasteiger partial charge in [-0.1, -0.05) is 12.7 Å². The van der Waals surface area contributed by atoms with E-state index in [0.29, 0.717) is 19.8 Å². The SMILES string of the molecule is C=CCOc1c(CNc2ccc(OCCO)cc2)c(C)nn1C. The summed E-state index contributed by atoms with van der Waals surface area (Å²) in [5.41, 5.74) is 2.93. The van der Waals surface area contributed by atoms with Gasteiger partial charge < -0.3 is 19.9 Å². The van der Waals surface area contributed by atoms with E-state index >= 15 is 0 Å². The monoisotopic (exact) mass is 317 g/mol. The Morgan fingerprint density at radius 3 is 2.70 bits per heavy atom. The third-order valence-corrected chi connectivity index (χ3v) is 3.31. The zero-order valence-electron chi connectivity index (χ0n) is 13.6. The maximum absolute atomic E-state index is 8.74. The van der Waals surface area contributed by atoms with Crippen molar-refractivity contribution in [2.75, 3.05) is 25.1 Å². The second-order valence-corrected chi connectivity index (χ2v) is 5.04. The van der Waals surface area contributed by atoms with E-state index in [4.69, 9.17) is 14.6 Å². The molecule has 23 heavy (non-hydrogen) atoms. The molecule has 2 aromatic rings. The number of nitrogens with zero attached hydrogens (tertiary/aromatic N) is 2. The molecule has 1 aromatic heterocycles. The minimum atomic E-state index is 0.00771. The first kappa shape index (κ1) is 16.9. The van der Waals surface area contributed by atoms with E-state index < -0.39 is 0 Å². The van der Waals surface area contributed by atoms with E-state index in [0.717, 1.165) is 28.6 Å². The Balaban J connectivity index is 2.01. The minimum absolute atomic E-state index is 0.00771. The van der Waals surface area contributed by atoms with Gasteiger partial charge in [0.25, 0.3) is 0 Å². The summed E-state index contributed by atoms with van der Waals surface area (Å²) in [4.78, 5) is 0. The summed E-state index contributed by atoms with van der Waals surface area (Å²) in [6.07, 6.45) is 1.71. The van der Waals surface area contributed by atoms with Gasteiger partial charge >= 0.3 is 0 Å². The average Bonchev–Trinajstić information content (AvgIpc) is 2.83. The summed E-state index contributed by atoms with van der Waals surface area (Å²) in [6.45, 7) is 7.00. The number of aryl methyl sites for hydroxylation is 2. The number of hydrogen-bond acceptors (Lipinski definition) is 5. The maximum atomic E-state index is 8.74. The van der Waals surface area contributed by atoms with Gasteiger partial charge in [0.15, 0.2) is 0 Å². The van der Waals surface area contributed by atoms with E-state index in [-0.39, 0.29) is 6.61 Å². The number of nitrogens with one attached hydrogen (secondary N) is 1. The Kier molecular flexibility index (Phi) is 6.05. The molecule has 0 aliphatic carbocycles. The highest BCUT2D eigenvalue weighted by molar-refractivity contribution is 5.47. The first-order chi connectivity index (χ1) is 11.2. The molecule has 0 aliphatic heterocycles. The largest absolute Gasteiger partial charge is 0.491 e. The molecule has 0 unspecified atom stereocenters. The van der Waals surface area contributed by atoms with E-state index in [2.05, 4.69) is 17.0 Å². The predicted octanol–water partition coefficient (Wildman–Crippen LogP) is 2.28. The van der Waals surface area contributed by atoms with Gasteiger partial charge in [-0.05, 0) is 31.2 Å². The van der Waals surface area contributed by atoms with Crippen LogP contribution in [0.15, 0.2) is 36.9 Å². The molecule has 0 fully saturated rings. The van der Waals surface area contributed by atoms with Gasteiger partial charge in [-0.15, -0.1) is 0 Å². The van der Waals surface area contributed by atoms with Crippen LogP contribution in [0.5, 0.6) is 11.6 Å². The standard InChI is InChI=1S/C17H23N3O3/c1-4-10-23-17-16(13(2)19-20(17)3)12-18-14-5-7-15(8-6-14)22-11-9-21/h4-8,18,21H,1,9-12H2,2-3H3. The lowest BCUT2D eigenvalue weighted by Crippen LogP contribution is -2.05. The van der Waals surface area contributed by atoms with Crippen LogP contribution in [0.3, 0.4) is 0 Å². The van der Waals surface area contributed by atoms with Crippen LogP contribution in [0.25, 0.3) is 0 Å². The van der Waals surface area contributed by atoms with Crippen LogP contribution >= 0.6 is 0 Å². The van der Waals surface area contributed by atoms with Gasteiger partial charge in [-0.3, -0.25) is 0 Å². The lowest BCUT2D eigenvalue weighted by Gasteiger charge is -2.10. The number of aliphatic hydroxyl groups excluding tert-OH is 1. The van der Waals surface area contributed by atoms with E-state index in [1.54, 1.807) is 10.8 Å². The van der Waals surface area contributed by atoms with Crippen molar-refractivity contribution < 1.29 is 14.6 Å². The number of anilines is 1. The topological polar surface area (TPSA) is 68.5 Å². The van der Waals surface area contributed by atoms with Crippen LogP contribution in [-0.4, -0.2) is 34.7 Å². The van der Waals surface area contributed by atoms with Crippen molar-refractivity contribution in [1.82, 2.24) is 9.78 Å². The van der Waals surface area contributed by atoms with Crippen molar-refractivity contribution in [3.05, 3.63) is 48.2 Å². The molecule has 0 saturated carbocycles. The van der Waals surface area contributed by atoms with Crippen LogP contribution in [0, 0.1) is 6.92 Å². The molecule has 0 spiro atoms. The lowest BCUT2D eigenvalue weighted by atomic mass is 10.2. The van der Waals surface area contributed by atoms with Crippen LogP contribution < -0.4 is 14.8 Å². The highest BCUT2D eigenvalue weighted by atomic mass is 16.5. The number of hydrogen-bond donors (Lipinski definition) is 2. The number of rotatable bonds is 9. The number of benzene rings is 1. The lowest BCUT2D eigenvalue weighted by molar-refractivity contribution is 0.201. The molecule has 0 saturated heterocycles. The molecule has 0 atom stereocenters. The molecule has 2 rings (SSSR count). The van der Waals surface area contributed by atoms with Gasteiger partial charge in [-0.2, -0.15) is 5.10 Å². The fraction of sp³-hybridized carbons (Fsp3) is 0.353. The predicted molar refractivity (Wildman–Crippen MR) is 90.0 cm³/mol. The Bertz CT molecular complexity index is 635. The van der Waals surface area contributed by atoms with Crippen LogP contribution in [0.4, 0.5) is 5.69 Å². The summed E-state index contributed by atoms with van der Waals surface area (Å²) >= 11 is 0. The highest BCUT2D eigenvalue weighted by Crippen LogP contribution is 2.23. The van der Waals surface area contributed by atoms with Crippen molar-refractivity contribution in [1.29, 1.82) is 0 Å². The molecule has 0 amide bonds. The fourth-order valence-electron chi connectivity index (χ4n) is 2.23. The fourth-order valence-corrected chi connectivity index (χ4v) is 2.23. The van der Waals surface area contributed by atoms with Gasteiger partial charge in [0.05, 0.1) is 17.9 Å². The molecule has 2 N–H and O–H groups in total. The summed E-state index contributed by atoms with van der Waals surface area (Å²) < 4.78 is 12.8. The van der Waals surface area contributed by atoms with Crippen LogP contribution in [0.2, 0.25) is 0 Å². The Labute approximate surface area is 136 Å². The molecule has 124 valence electrons. The minimum Gasteiger partial charge on any atom is -0.491 e. The van der Waals surface area contributed by atoms with Crippen molar-refractivity contribution in [2.24, 2.45) is 7.05 Å². The highest BCUT2D eigenvalue weighted by Gasteiger charge is 2.14. The zero-order chi connectivity index (χ0) is 16.7. The van der Waals surface area contributed by atoms with Crippen molar-refractivity contribution in [3.63, 3.8) is 0 Å². The Morgan fingerprint density at radius 1 is 1.30 bits per heavy atom. The number of ether oxygens (including phenoxy) is 2. The van der Waals surface area contributed by atoms with Gasteiger partial charge in [0.1, 0.15) is 19.0 Å². The summed E-state index contributed by atoms with van der Waals surface area (Å²) in [6, 6.07) is 7.60. The molecule has 0 radical (unpaired) electrons. The van der Waals surface area contributed by atoms with Crippen molar-refractivity contribution >= 4 is 5.69 Å². The van der Waals surface area contributed by atoms with E-state index in [1.807, 2.05) is 38.2 Å². The van der Waals surface area contributed by atoms with Crippen molar-refractivity contribution in [2.45, 2.75) is 13.5 Å². The molecular formula is C17H23N3O3. The second-order valence-electron chi connectivity index (χ2n) is 5.04. The molecule has 1 aromatic carbocycles. The second kappa shape index (κ2) is 8.24. The summed E-state index contributed by atoms with van der Waals surface area (Å²) in [5, 5.41) is 16.5. The average molecular weight is 317 g/mol. The quantitative estimate of drug-likeness (QED) is 0.695. The molecule has 6 heteroatoms. The molecule has 1 heterocycles.